The van der Waals surface area contributed by atoms with E-state index in [1.165, 1.54) is 4.90 Å². The molecule has 7 nitrogen and oxygen atoms in total. The lowest BCUT2D eigenvalue weighted by atomic mass is 9.77. The molecule has 2 heterocycles. The predicted octanol–water partition coefficient (Wildman–Crippen LogP) is 1.48. The third kappa shape index (κ3) is 2.37. The summed E-state index contributed by atoms with van der Waals surface area (Å²) in [7, 11) is 3.38. The molecular weight excluding hydrogens is 282 g/mol. The van der Waals surface area contributed by atoms with E-state index in [-0.39, 0.29) is 5.91 Å². The highest BCUT2D eigenvalue weighted by atomic mass is 16.5. The van der Waals surface area contributed by atoms with Crippen LogP contribution >= 0.6 is 0 Å². The summed E-state index contributed by atoms with van der Waals surface area (Å²) in [6, 6.07) is 3.44. The number of rotatable bonds is 3. The Balaban J connectivity index is 1.91. The molecule has 0 aromatic carbocycles. The zero-order valence-corrected chi connectivity index (χ0v) is 13.0. The SMILES string of the molecule is Cc1nc(C(=O)N(C)C)ccc1-c1nc(C2(N)CCC2)no1. The minimum atomic E-state index is -0.454. The van der Waals surface area contributed by atoms with E-state index in [9.17, 15) is 4.79 Å². The highest BCUT2D eigenvalue weighted by Gasteiger charge is 2.39. The zero-order chi connectivity index (χ0) is 15.9. The average Bonchev–Trinajstić information content (AvgIpc) is 2.93. The number of nitrogens with zero attached hydrogens (tertiary/aromatic N) is 4. The second-order valence-corrected chi connectivity index (χ2v) is 5.96. The molecule has 1 aliphatic rings. The van der Waals surface area contributed by atoms with Gasteiger partial charge in [0.05, 0.1) is 16.8 Å². The van der Waals surface area contributed by atoms with Gasteiger partial charge in [-0.3, -0.25) is 4.79 Å². The monoisotopic (exact) mass is 301 g/mol. The van der Waals surface area contributed by atoms with Crippen molar-refractivity contribution in [3.63, 3.8) is 0 Å². The largest absolute Gasteiger partial charge is 0.343 e. The Hall–Kier alpha value is -2.28. The van der Waals surface area contributed by atoms with Crippen LogP contribution in [-0.2, 0) is 5.54 Å². The maximum absolute atomic E-state index is 11.9. The summed E-state index contributed by atoms with van der Waals surface area (Å²) in [6.07, 6.45) is 2.83. The van der Waals surface area contributed by atoms with Crippen molar-refractivity contribution in [2.45, 2.75) is 31.7 Å². The van der Waals surface area contributed by atoms with E-state index < -0.39 is 5.54 Å². The molecule has 0 radical (unpaired) electrons. The third-order valence-electron chi connectivity index (χ3n) is 4.06. The number of carbonyl (C=O) groups excluding carboxylic acids is 1. The number of aromatic nitrogens is 3. The highest BCUT2D eigenvalue weighted by molar-refractivity contribution is 5.92. The van der Waals surface area contributed by atoms with Crippen molar-refractivity contribution in [2.75, 3.05) is 14.1 Å². The van der Waals surface area contributed by atoms with Crippen LogP contribution in [0.5, 0.6) is 0 Å². The van der Waals surface area contributed by atoms with E-state index >= 15 is 0 Å². The Morgan fingerprint density at radius 3 is 2.59 bits per heavy atom. The second-order valence-electron chi connectivity index (χ2n) is 5.96. The van der Waals surface area contributed by atoms with Crippen molar-refractivity contribution in [1.29, 1.82) is 0 Å². The van der Waals surface area contributed by atoms with Crippen molar-refractivity contribution in [3.05, 3.63) is 29.3 Å². The van der Waals surface area contributed by atoms with Crippen molar-refractivity contribution in [1.82, 2.24) is 20.0 Å². The maximum Gasteiger partial charge on any atom is 0.271 e. The lowest BCUT2D eigenvalue weighted by Crippen LogP contribution is -2.44. The summed E-state index contributed by atoms with van der Waals surface area (Å²) in [4.78, 5) is 22.1. The van der Waals surface area contributed by atoms with Crippen molar-refractivity contribution >= 4 is 5.91 Å². The number of pyridine rings is 1. The molecule has 0 aliphatic heterocycles. The van der Waals surface area contributed by atoms with Gasteiger partial charge < -0.3 is 15.2 Å². The molecule has 0 saturated heterocycles. The van der Waals surface area contributed by atoms with E-state index in [2.05, 4.69) is 15.1 Å². The van der Waals surface area contributed by atoms with Gasteiger partial charge in [-0.2, -0.15) is 4.98 Å². The van der Waals surface area contributed by atoms with Crippen LogP contribution in [0.3, 0.4) is 0 Å². The molecule has 0 bridgehead atoms. The summed E-state index contributed by atoms with van der Waals surface area (Å²) >= 11 is 0. The normalized spacial score (nSPS) is 16.2. The second kappa shape index (κ2) is 5.17. The number of hydrogen-bond donors (Lipinski definition) is 1. The van der Waals surface area contributed by atoms with Gasteiger partial charge in [0.25, 0.3) is 11.8 Å². The molecule has 1 fully saturated rings. The Morgan fingerprint density at radius 1 is 1.32 bits per heavy atom. The van der Waals surface area contributed by atoms with Gasteiger partial charge in [-0.25, -0.2) is 4.98 Å². The van der Waals surface area contributed by atoms with E-state index in [0.717, 1.165) is 24.8 Å². The first-order valence-electron chi connectivity index (χ1n) is 7.23. The molecule has 0 atom stereocenters. The minimum Gasteiger partial charge on any atom is -0.343 e. The summed E-state index contributed by atoms with van der Waals surface area (Å²) < 4.78 is 5.32. The van der Waals surface area contributed by atoms with Crippen LogP contribution in [0.1, 0.15) is 41.3 Å². The first-order chi connectivity index (χ1) is 10.4. The van der Waals surface area contributed by atoms with Gasteiger partial charge in [0.2, 0.25) is 0 Å². The number of amides is 1. The lowest BCUT2D eigenvalue weighted by molar-refractivity contribution is 0.0822. The van der Waals surface area contributed by atoms with Crippen molar-refractivity contribution < 1.29 is 9.32 Å². The Bertz CT molecular complexity index is 718. The molecule has 1 amide bonds. The van der Waals surface area contributed by atoms with E-state index in [1.807, 2.05) is 6.92 Å². The first-order valence-corrected chi connectivity index (χ1v) is 7.23. The van der Waals surface area contributed by atoms with Crippen LogP contribution in [0.2, 0.25) is 0 Å². The van der Waals surface area contributed by atoms with Gasteiger partial charge >= 0.3 is 0 Å². The fourth-order valence-electron chi connectivity index (χ4n) is 2.45. The molecule has 0 unspecified atom stereocenters. The number of carbonyl (C=O) groups is 1. The van der Waals surface area contributed by atoms with Crippen LogP contribution in [0.25, 0.3) is 11.5 Å². The summed E-state index contributed by atoms with van der Waals surface area (Å²) in [6.45, 7) is 1.81. The zero-order valence-electron chi connectivity index (χ0n) is 13.0. The quantitative estimate of drug-likeness (QED) is 0.922. The molecule has 0 spiro atoms. The average molecular weight is 301 g/mol. The maximum atomic E-state index is 11.9. The molecule has 7 heteroatoms. The third-order valence-corrected chi connectivity index (χ3v) is 4.06. The molecule has 1 aliphatic carbocycles. The van der Waals surface area contributed by atoms with Crippen LogP contribution in [0.4, 0.5) is 0 Å². The Morgan fingerprint density at radius 2 is 2.05 bits per heavy atom. The van der Waals surface area contributed by atoms with Gasteiger partial charge in [0.1, 0.15) is 5.69 Å². The number of aryl methyl sites for hydroxylation is 1. The number of nitrogens with two attached hydrogens (primary N) is 1. The summed E-state index contributed by atoms with van der Waals surface area (Å²) in [5, 5.41) is 4.00. The van der Waals surface area contributed by atoms with Gasteiger partial charge in [0, 0.05) is 14.1 Å². The molecule has 1 saturated carbocycles. The fourth-order valence-corrected chi connectivity index (χ4v) is 2.45. The van der Waals surface area contributed by atoms with Gasteiger partial charge in [-0.15, -0.1) is 0 Å². The van der Waals surface area contributed by atoms with Crippen molar-refractivity contribution in [2.24, 2.45) is 5.73 Å². The molecule has 3 rings (SSSR count). The number of hydrogen-bond acceptors (Lipinski definition) is 6. The fraction of sp³-hybridized carbons (Fsp3) is 0.467. The molecule has 2 N–H and O–H groups in total. The van der Waals surface area contributed by atoms with Crippen LogP contribution in [-0.4, -0.2) is 40.0 Å². The molecule has 2 aromatic rings. The van der Waals surface area contributed by atoms with Crippen molar-refractivity contribution in [3.8, 4) is 11.5 Å². The predicted molar refractivity (Wildman–Crippen MR) is 80.0 cm³/mol. The van der Waals surface area contributed by atoms with E-state index in [0.29, 0.717) is 23.1 Å². The lowest BCUT2D eigenvalue weighted by Gasteiger charge is -2.34. The smallest absolute Gasteiger partial charge is 0.271 e. The topological polar surface area (TPSA) is 98.1 Å². The van der Waals surface area contributed by atoms with Gasteiger partial charge in [-0.1, -0.05) is 5.16 Å². The molecule has 2 aromatic heterocycles. The van der Waals surface area contributed by atoms with Crippen LogP contribution in [0, 0.1) is 6.92 Å². The molecule has 22 heavy (non-hydrogen) atoms. The summed E-state index contributed by atoms with van der Waals surface area (Å²) in [5.41, 5.74) is 7.52. The van der Waals surface area contributed by atoms with E-state index in [1.54, 1.807) is 26.2 Å². The molecular formula is C15H19N5O2. The van der Waals surface area contributed by atoms with Gasteiger partial charge in [-0.05, 0) is 38.3 Å². The molecule has 116 valence electrons. The highest BCUT2D eigenvalue weighted by Crippen LogP contribution is 2.37. The minimum absolute atomic E-state index is 0.142. The van der Waals surface area contributed by atoms with Crippen LogP contribution < -0.4 is 5.73 Å². The Kier molecular flexibility index (Phi) is 3.44. The van der Waals surface area contributed by atoms with Crippen LogP contribution in [0.15, 0.2) is 16.7 Å². The summed E-state index contributed by atoms with van der Waals surface area (Å²) in [5.74, 6) is 0.790. The van der Waals surface area contributed by atoms with Gasteiger partial charge in [0.15, 0.2) is 5.82 Å². The van der Waals surface area contributed by atoms with E-state index in [4.69, 9.17) is 10.3 Å². The standard InChI is InChI=1S/C15H19N5O2/c1-9-10(5-6-11(17-9)13(21)20(2)3)12-18-14(19-22-12)15(16)7-4-8-15/h5-6H,4,7-8,16H2,1-3H3. The first kappa shape index (κ1) is 14.6. The Labute approximate surface area is 128 Å².